The van der Waals surface area contributed by atoms with E-state index in [1.807, 2.05) is 18.2 Å². The van der Waals surface area contributed by atoms with Crippen LogP contribution in [0.5, 0.6) is 5.75 Å². The maximum Gasteiger partial charge on any atom is 0.305 e. The maximum atomic E-state index is 10.7. The molecule has 0 unspecified atom stereocenters. The van der Waals surface area contributed by atoms with E-state index in [1.165, 1.54) is 0 Å². The van der Waals surface area contributed by atoms with Crippen molar-refractivity contribution in [2.24, 2.45) is 0 Å². The van der Waals surface area contributed by atoms with Crippen LogP contribution in [-0.2, 0) is 4.79 Å². The van der Waals surface area contributed by atoms with E-state index in [4.69, 9.17) is 9.84 Å². The van der Waals surface area contributed by atoms with E-state index in [2.05, 4.69) is 10.2 Å². The fourth-order valence-electron chi connectivity index (χ4n) is 2.14. The number of benzene rings is 1. The second-order valence-corrected chi connectivity index (χ2v) is 4.29. The highest BCUT2D eigenvalue weighted by atomic mass is 16.5. The lowest BCUT2D eigenvalue weighted by Crippen LogP contribution is -2.26. The Balaban J connectivity index is 2.21. The Bertz CT molecular complexity index is 434. The average molecular weight is 250 g/mol. The number of nitrogens with zero attached hydrogens (tertiary/aromatic N) is 1. The molecule has 0 aromatic heterocycles. The lowest BCUT2D eigenvalue weighted by molar-refractivity contribution is -0.136. The average Bonchev–Trinajstić information content (AvgIpc) is 2.57. The summed E-state index contributed by atoms with van der Waals surface area (Å²) in [6.07, 6.45) is 1.15. The van der Waals surface area contributed by atoms with Crippen molar-refractivity contribution >= 4 is 17.3 Å². The fourth-order valence-corrected chi connectivity index (χ4v) is 2.14. The smallest absolute Gasteiger partial charge is 0.305 e. The van der Waals surface area contributed by atoms with E-state index in [1.54, 1.807) is 7.11 Å². The van der Waals surface area contributed by atoms with Gasteiger partial charge in [-0.3, -0.25) is 4.79 Å². The number of rotatable bonds is 4. The van der Waals surface area contributed by atoms with Gasteiger partial charge in [0.25, 0.3) is 0 Å². The van der Waals surface area contributed by atoms with E-state index in [0.29, 0.717) is 6.54 Å². The third-order valence-corrected chi connectivity index (χ3v) is 3.06. The lowest BCUT2D eigenvalue weighted by Gasteiger charge is -2.24. The van der Waals surface area contributed by atoms with Crippen molar-refractivity contribution in [3.63, 3.8) is 0 Å². The number of fused-ring (bicyclic) bond motifs is 1. The molecule has 1 aliphatic rings. The van der Waals surface area contributed by atoms with Gasteiger partial charge in [-0.15, -0.1) is 0 Å². The number of methoxy groups -OCH3 is 1. The van der Waals surface area contributed by atoms with Crippen LogP contribution in [0.2, 0.25) is 0 Å². The third kappa shape index (κ3) is 2.85. The summed E-state index contributed by atoms with van der Waals surface area (Å²) in [4.78, 5) is 12.8. The van der Waals surface area contributed by atoms with Crippen molar-refractivity contribution in [2.45, 2.75) is 12.8 Å². The standard InChI is InChI=1S/C13H18N2O3/c1-18-10-3-4-12-11(9-10)14-6-2-7-15(12)8-5-13(16)17/h3-4,9,14H,2,5-8H2,1H3,(H,16,17). The van der Waals surface area contributed by atoms with Crippen LogP contribution >= 0.6 is 0 Å². The van der Waals surface area contributed by atoms with Gasteiger partial charge < -0.3 is 20.1 Å². The van der Waals surface area contributed by atoms with E-state index >= 15 is 0 Å². The maximum absolute atomic E-state index is 10.7. The zero-order valence-corrected chi connectivity index (χ0v) is 10.5. The van der Waals surface area contributed by atoms with Gasteiger partial charge in [-0.25, -0.2) is 0 Å². The highest BCUT2D eigenvalue weighted by molar-refractivity contribution is 5.74. The van der Waals surface area contributed by atoms with Crippen LogP contribution in [0.1, 0.15) is 12.8 Å². The summed E-state index contributed by atoms with van der Waals surface area (Å²) in [5.74, 6) is 0.0450. The van der Waals surface area contributed by atoms with Gasteiger partial charge >= 0.3 is 5.97 Å². The molecule has 0 atom stereocenters. The van der Waals surface area contributed by atoms with Gasteiger partial charge in [-0.2, -0.15) is 0 Å². The molecule has 0 bridgehead atoms. The highest BCUT2D eigenvalue weighted by Crippen LogP contribution is 2.32. The Morgan fingerprint density at radius 2 is 2.39 bits per heavy atom. The number of nitrogens with one attached hydrogen (secondary N) is 1. The van der Waals surface area contributed by atoms with Gasteiger partial charge in [0.1, 0.15) is 5.75 Å². The molecular weight excluding hydrogens is 232 g/mol. The molecule has 2 rings (SSSR count). The largest absolute Gasteiger partial charge is 0.497 e. The fraction of sp³-hybridized carbons (Fsp3) is 0.462. The molecular formula is C13H18N2O3. The van der Waals surface area contributed by atoms with Gasteiger partial charge in [0.15, 0.2) is 0 Å². The zero-order chi connectivity index (χ0) is 13.0. The second kappa shape index (κ2) is 5.62. The molecule has 0 aliphatic carbocycles. The van der Waals surface area contributed by atoms with Crippen LogP contribution in [-0.4, -0.2) is 37.8 Å². The number of carboxylic acids is 1. The Labute approximate surface area is 106 Å². The molecule has 0 spiro atoms. The Kier molecular flexibility index (Phi) is 3.92. The first-order valence-electron chi connectivity index (χ1n) is 6.09. The van der Waals surface area contributed by atoms with Crippen molar-refractivity contribution in [1.82, 2.24) is 0 Å². The molecule has 0 amide bonds. The molecule has 1 aromatic carbocycles. The van der Waals surface area contributed by atoms with E-state index < -0.39 is 5.97 Å². The van der Waals surface area contributed by atoms with Gasteiger partial charge in [-0.05, 0) is 18.6 Å². The van der Waals surface area contributed by atoms with Crippen LogP contribution < -0.4 is 15.0 Å². The van der Waals surface area contributed by atoms with Gasteiger partial charge in [0, 0.05) is 25.7 Å². The van der Waals surface area contributed by atoms with Crippen LogP contribution in [0.25, 0.3) is 0 Å². The van der Waals surface area contributed by atoms with Crippen molar-refractivity contribution < 1.29 is 14.6 Å². The lowest BCUT2D eigenvalue weighted by atomic mass is 10.2. The zero-order valence-electron chi connectivity index (χ0n) is 10.5. The predicted octanol–water partition coefficient (Wildman–Crippen LogP) is 1.79. The minimum Gasteiger partial charge on any atom is -0.497 e. The van der Waals surface area contributed by atoms with Crippen LogP contribution in [0.3, 0.4) is 0 Å². The van der Waals surface area contributed by atoms with Crippen LogP contribution in [0, 0.1) is 0 Å². The first kappa shape index (κ1) is 12.5. The summed E-state index contributed by atoms with van der Waals surface area (Å²) < 4.78 is 5.20. The summed E-state index contributed by atoms with van der Waals surface area (Å²) in [6, 6.07) is 5.84. The molecule has 1 aliphatic heterocycles. The molecule has 5 heteroatoms. The van der Waals surface area contributed by atoms with Crippen molar-refractivity contribution in [1.29, 1.82) is 0 Å². The molecule has 1 aromatic rings. The van der Waals surface area contributed by atoms with Gasteiger partial charge in [-0.1, -0.05) is 0 Å². The Morgan fingerprint density at radius 1 is 1.56 bits per heavy atom. The molecule has 0 saturated carbocycles. The summed E-state index contributed by atoms with van der Waals surface area (Å²) in [7, 11) is 1.64. The van der Waals surface area contributed by atoms with Gasteiger partial charge in [0.2, 0.25) is 0 Å². The quantitative estimate of drug-likeness (QED) is 0.853. The third-order valence-electron chi connectivity index (χ3n) is 3.06. The number of anilines is 2. The summed E-state index contributed by atoms with van der Waals surface area (Å²) in [5.41, 5.74) is 2.06. The highest BCUT2D eigenvalue weighted by Gasteiger charge is 2.16. The topological polar surface area (TPSA) is 61.8 Å². The first-order valence-corrected chi connectivity index (χ1v) is 6.09. The minimum atomic E-state index is -0.762. The van der Waals surface area contributed by atoms with E-state index in [0.717, 1.165) is 36.6 Å². The molecule has 98 valence electrons. The van der Waals surface area contributed by atoms with Crippen molar-refractivity contribution in [3.05, 3.63) is 18.2 Å². The number of aliphatic carboxylic acids is 1. The number of hydrogen-bond donors (Lipinski definition) is 2. The number of carboxylic acid groups (broad SMARTS) is 1. The van der Waals surface area contributed by atoms with Crippen LogP contribution in [0.4, 0.5) is 11.4 Å². The SMILES string of the molecule is COc1ccc2c(c1)NCCCN2CCC(=O)O. The van der Waals surface area contributed by atoms with E-state index in [-0.39, 0.29) is 6.42 Å². The normalized spacial score (nSPS) is 14.4. The predicted molar refractivity (Wildman–Crippen MR) is 70.6 cm³/mol. The summed E-state index contributed by atoms with van der Waals surface area (Å²) in [5, 5.41) is 12.1. The molecule has 2 N–H and O–H groups in total. The second-order valence-electron chi connectivity index (χ2n) is 4.29. The number of carbonyl (C=O) groups is 1. The molecule has 1 heterocycles. The number of hydrogen-bond acceptors (Lipinski definition) is 4. The molecule has 0 fully saturated rings. The molecule has 0 radical (unpaired) electrons. The Morgan fingerprint density at radius 3 is 3.11 bits per heavy atom. The van der Waals surface area contributed by atoms with Crippen LogP contribution in [0.15, 0.2) is 18.2 Å². The van der Waals surface area contributed by atoms with Gasteiger partial charge in [0.05, 0.1) is 24.9 Å². The minimum absolute atomic E-state index is 0.158. The van der Waals surface area contributed by atoms with Crippen molar-refractivity contribution in [2.75, 3.05) is 37.0 Å². The monoisotopic (exact) mass is 250 g/mol. The van der Waals surface area contributed by atoms with E-state index in [9.17, 15) is 4.79 Å². The first-order chi connectivity index (χ1) is 8.70. The summed E-state index contributed by atoms with van der Waals surface area (Å²) >= 11 is 0. The Hall–Kier alpha value is -1.91. The molecule has 5 nitrogen and oxygen atoms in total. The van der Waals surface area contributed by atoms with Crippen molar-refractivity contribution in [3.8, 4) is 5.75 Å². The molecule has 18 heavy (non-hydrogen) atoms. The molecule has 0 saturated heterocycles. The number of ether oxygens (including phenoxy) is 1. The summed E-state index contributed by atoms with van der Waals surface area (Å²) in [6.45, 7) is 2.31.